The van der Waals surface area contributed by atoms with Crippen molar-refractivity contribution in [2.24, 2.45) is 0 Å². The van der Waals surface area contributed by atoms with Crippen molar-refractivity contribution in [3.05, 3.63) is 36.9 Å². The van der Waals surface area contributed by atoms with Gasteiger partial charge in [0.15, 0.2) is 3.95 Å². The topological polar surface area (TPSA) is 42.1 Å². The Kier molecular flexibility index (Phi) is 4.68. The number of thiazole rings is 1. The summed E-state index contributed by atoms with van der Waals surface area (Å²) in [7, 11) is 0. The smallest absolute Gasteiger partial charge is 0.311 e. The largest absolute Gasteiger partial charge is 0.465 e. The third-order valence-electron chi connectivity index (χ3n) is 2.42. The van der Waals surface area contributed by atoms with E-state index in [4.69, 9.17) is 17.0 Å². The molecular formula is C12H13NO2S3. The van der Waals surface area contributed by atoms with Crippen LogP contribution in [0.3, 0.4) is 0 Å². The van der Waals surface area contributed by atoms with Crippen LogP contribution in [0.1, 0.15) is 15.4 Å². The number of carbonyl (C=O) groups excluding carboxylic acids is 1. The van der Waals surface area contributed by atoms with Crippen LogP contribution in [0.25, 0.3) is 0 Å². The molecule has 96 valence electrons. The molecule has 0 amide bonds. The van der Waals surface area contributed by atoms with Gasteiger partial charge in [-0.25, -0.2) is 0 Å². The molecule has 0 radical (unpaired) electrons. The minimum Gasteiger partial charge on any atom is -0.465 e. The molecule has 0 bridgehead atoms. The highest BCUT2D eigenvalue weighted by molar-refractivity contribution is 7.73. The molecule has 0 atom stereocenters. The number of nitrogens with one attached hydrogen (secondary N) is 1. The third-order valence-corrected chi connectivity index (χ3v) is 4.69. The molecule has 2 heterocycles. The summed E-state index contributed by atoms with van der Waals surface area (Å²) in [6, 6.07) is 4.04. The molecule has 2 rings (SSSR count). The summed E-state index contributed by atoms with van der Waals surface area (Å²) in [5.74, 6) is -0.195. The molecule has 0 aromatic carbocycles. The standard InChI is InChI=1S/C12H13NO2S3/c1-8-10(18-12(16)13-8)7-11(14)15-5-4-9-3-2-6-17-9/h2-3,6H,4-5,7H2,1H3,(H,13,16). The Balaban J connectivity index is 1.79. The first-order chi connectivity index (χ1) is 8.65. The lowest BCUT2D eigenvalue weighted by molar-refractivity contribution is -0.142. The molecule has 0 aliphatic rings. The first-order valence-corrected chi connectivity index (χ1v) is 7.62. The maximum Gasteiger partial charge on any atom is 0.311 e. The molecular weight excluding hydrogens is 286 g/mol. The highest BCUT2D eigenvalue weighted by Crippen LogP contribution is 2.15. The fraction of sp³-hybridized carbons (Fsp3) is 0.333. The van der Waals surface area contributed by atoms with Gasteiger partial charge in [-0.2, -0.15) is 0 Å². The van der Waals surface area contributed by atoms with Crippen LogP contribution in [-0.2, 0) is 22.4 Å². The first kappa shape index (κ1) is 13.5. The van der Waals surface area contributed by atoms with E-state index in [-0.39, 0.29) is 5.97 Å². The zero-order valence-corrected chi connectivity index (χ0v) is 12.3. The average molecular weight is 299 g/mol. The van der Waals surface area contributed by atoms with E-state index in [9.17, 15) is 4.79 Å². The predicted molar refractivity (Wildman–Crippen MR) is 76.9 cm³/mol. The molecule has 6 heteroatoms. The molecule has 2 aromatic heterocycles. The minimum absolute atomic E-state index is 0.195. The summed E-state index contributed by atoms with van der Waals surface area (Å²) < 4.78 is 5.91. The lowest BCUT2D eigenvalue weighted by Crippen LogP contribution is -2.10. The van der Waals surface area contributed by atoms with Crippen LogP contribution in [0.15, 0.2) is 17.5 Å². The number of rotatable bonds is 5. The van der Waals surface area contributed by atoms with Crippen molar-refractivity contribution in [1.29, 1.82) is 0 Å². The molecule has 1 N–H and O–H groups in total. The SMILES string of the molecule is Cc1[nH]c(=S)sc1CC(=O)OCCc1cccs1. The van der Waals surface area contributed by atoms with Gasteiger partial charge < -0.3 is 9.72 Å². The van der Waals surface area contributed by atoms with Gasteiger partial charge in [0.25, 0.3) is 0 Å². The normalized spacial score (nSPS) is 10.5. The molecule has 18 heavy (non-hydrogen) atoms. The van der Waals surface area contributed by atoms with E-state index in [0.717, 1.165) is 17.0 Å². The zero-order valence-electron chi connectivity index (χ0n) is 9.89. The van der Waals surface area contributed by atoms with Crippen LogP contribution in [0.2, 0.25) is 0 Å². The van der Waals surface area contributed by atoms with Crippen LogP contribution in [-0.4, -0.2) is 17.6 Å². The summed E-state index contributed by atoms with van der Waals surface area (Å²) in [4.78, 5) is 16.9. The van der Waals surface area contributed by atoms with Gasteiger partial charge in [-0.1, -0.05) is 6.07 Å². The summed E-state index contributed by atoms with van der Waals surface area (Å²) in [6.45, 7) is 2.36. The van der Waals surface area contributed by atoms with Gasteiger partial charge in [0.05, 0.1) is 13.0 Å². The number of thiophene rings is 1. The molecule has 0 aliphatic heterocycles. The lowest BCUT2D eigenvalue weighted by atomic mass is 10.3. The number of aryl methyl sites for hydroxylation is 1. The summed E-state index contributed by atoms with van der Waals surface area (Å²) in [5, 5.41) is 2.02. The Bertz CT molecular complexity index is 568. The van der Waals surface area contributed by atoms with Crippen molar-refractivity contribution in [1.82, 2.24) is 4.98 Å². The quantitative estimate of drug-likeness (QED) is 0.678. The number of hydrogen-bond donors (Lipinski definition) is 1. The second-order valence-electron chi connectivity index (χ2n) is 3.79. The summed E-state index contributed by atoms with van der Waals surface area (Å²) >= 11 is 8.14. The molecule has 0 unspecified atom stereocenters. The Morgan fingerprint density at radius 3 is 3.00 bits per heavy atom. The highest BCUT2D eigenvalue weighted by Gasteiger charge is 2.09. The van der Waals surface area contributed by atoms with Crippen LogP contribution in [0, 0.1) is 10.9 Å². The van der Waals surface area contributed by atoms with E-state index >= 15 is 0 Å². The Labute approximate surface area is 118 Å². The molecule has 0 saturated carbocycles. The van der Waals surface area contributed by atoms with Crippen molar-refractivity contribution < 1.29 is 9.53 Å². The third kappa shape index (κ3) is 3.76. The number of esters is 1. The number of ether oxygens (including phenoxy) is 1. The van der Waals surface area contributed by atoms with Crippen LogP contribution < -0.4 is 0 Å². The zero-order chi connectivity index (χ0) is 13.0. The number of carbonyl (C=O) groups is 1. The van der Waals surface area contributed by atoms with Gasteiger partial charge in [-0.15, -0.1) is 22.7 Å². The van der Waals surface area contributed by atoms with Gasteiger partial charge >= 0.3 is 5.97 Å². The van der Waals surface area contributed by atoms with Crippen molar-refractivity contribution in [3.63, 3.8) is 0 Å². The maximum atomic E-state index is 11.6. The lowest BCUT2D eigenvalue weighted by Gasteiger charge is -2.03. The molecule has 2 aromatic rings. The van der Waals surface area contributed by atoms with Crippen LogP contribution in [0.5, 0.6) is 0 Å². The summed E-state index contributed by atoms with van der Waals surface area (Å²) in [5.41, 5.74) is 0.959. The van der Waals surface area contributed by atoms with E-state index < -0.39 is 0 Å². The second kappa shape index (κ2) is 6.26. The van der Waals surface area contributed by atoms with E-state index in [1.807, 2.05) is 24.4 Å². The van der Waals surface area contributed by atoms with Crippen molar-refractivity contribution in [2.75, 3.05) is 6.61 Å². The first-order valence-electron chi connectivity index (χ1n) is 5.52. The van der Waals surface area contributed by atoms with Gasteiger partial charge in [-0.3, -0.25) is 4.79 Å². The maximum absolute atomic E-state index is 11.6. The Morgan fingerprint density at radius 2 is 2.39 bits per heavy atom. The van der Waals surface area contributed by atoms with E-state index in [1.54, 1.807) is 11.3 Å². The van der Waals surface area contributed by atoms with E-state index in [2.05, 4.69) is 4.98 Å². The van der Waals surface area contributed by atoms with Crippen molar-refractivity contribution in [3.8, 4) is 0 Å². The molecule has 0 saturated heterocycles. The molecule has 3 nitrogen and oxygen atoms in total. The molecule has 0 aliphatic carbocycles. The highest BCUT2D eigenvalue weighted by atomic mass is 32.1. The van der Waals surface area contributed by atoms with Crippen LogP contribution in [0.4, 0.5) is 0 Å². The number of aromatic nitrogens is 1. The minimum atomic E-state index is -0.195. The second-order valence-corrected chi connectivity index (χ2v) is 6.59. The predicted octanol–water partition coefficient (Wildman–Crippen LogP) is 3.50. The monoisotopic (exact) mass is 299 g/mol. The molecule has 0 fully saturated rings. The number of H-pyrrole nitrogens is 1. The fourth-order valence-corrected chi connectivity index (χ4v) is 3.48. The fourth-order valence-electron chi connectivity index (χ4n) is 1.51. The molecule has 0 spiro atoms. The van der Waals surface area contributed by atoms with Gasteiger partial charge in [0.2, 0.25) is 0 Å². The van der Waals surface area contributed by atoms with Crippen molar-refractivity contribution in [2.45, 2.75) is 19.8 Å². The van der Waals surface area contributed by atoms with E-state index in [1.165, 1.54) is 16.2 Å². The summed E-state index contributed by atoms with van der Waals surface area (Å²) in [6.07, 6.45) is 1.08. The van der Waals surface area contributed by atoms with Gasteiger partial charge in [-0.05, 0) is 30.6 Å². The van der Waals surface area contributed by atoms with Gasteiger partial charge in [0, 0.05) is 21.9 Å². The number of aromatic amines is 1. The van der Waals surface area contributed by atoms with Gasteiger partial charge in [0.1, 0.15) is 0 Å². The van der Waals surface area contributed by atoms with Crippen molar-refractivity contribution >= 4 is 40.9 Å². The Hall–Kier alpha value is -0.980. The average Bonchev–Trinajstić information content (AvgIpc) is 2.90. The number of hydrogen-bond acceptors (Lipinski definition) is 5. The van der Waals surface area contributed by atoms with E-state index in [0.29, 0.717) is 17.0 Å². The van der Waals surface area contributed by atoms with Crippen LogP contribution >= 0.6 is 34.9 Å². The Morgan fingerprint density at radius 1 is 1.56 bits per heavy atom.